The predicted molar refractivity (Wildman–Crippen MR) is 95.3 cm³/mol. The second kappa shape index (κ2) is 9.69. The molecular weight excluding hydrogens is 330 g/mol. The van der Waals surface area contributed by atoms with Crippen molar-refractivity contribution in [2.75, 3.05) is 11.9 Å². The first-order chi connectivity index (χ1) is 11.1. The lowest BCUT2D eigenvalue weighted by atomic mass is 10.2. The minimum Gasteiger partial charge on any atom is -0.346 e. The number of hydrogen-bond donors (Lipinski definition) is 3. The fourth-order valence-electron chi connectivity index (χ4n) is 2.06. The van der Waals surface area contributed by atoms with Crippen molar-refractivity contribution in [3.8, 4) is 5.69 Å². The van der Waals surface area contributed by atoms with Gasteiger partial charge in [-0.05, 0) is 36.8 Å². The Morgan fingerprint density at radius 1 is 1.29 bits per heavy atom. The van der Waals surface area contributed by atoms with Crippen molar-refractivity contribution in [3.05, 3.63) is 42.7 Å². The third kappa shape index (κ3) is 5.68. The fraction of sp³-hybridized carbons (Fsp3) is 0.312. The van der Waals surface area contributed by atoms with E-state index in [0.717, 1.165) is 12.1 Å². The van der Waals surface area contributed by atoms with Gasteiger partial charge in [-0.15, -0.1) is 12.4 Å². The minimum atomic E-state index is -0.568. The van der Waals surface area contributed by atoms with Crippen molar-refractivity contribution < 1.29 is 9.59 Å². The summed E-state index contributed by atoms with van der Waals surface area (Å²) in [6, 6.07) is 8.51. The van der Waals surface area contributed by atoms with Crippen LogP contribution in [-0.2, 0) is 9.59 Å². The van der Waals surface area contributed by atoms with E-state index in [-0.39, 0.29) is 30.8 Å². The first-order valence-electron chi connectivity index (χ1n) is 7.53. The topological polar surface area (TPSA) is 102 Å². The maximum Gasteiger partial charge on any atom is 0.243 e. The molecule has 1 aromatic heterocycles. The number of anilines is 1. The average molecular weight is 352 g/mol. The Bertz CT molecular complexity index is 643. The van der Waals surface area contributed by atoms with Gasteiger partial charge in [-0.25, -0.2) is 4.68 Å². The zero-order chi connectivity index (χ0) is 16.7. The molecular formula is C16H22ClN5O2. The highest BCUT2D eigenvalue weighted by Gasteiger charge is 2.13. The number of nitrogens with one attached hydrogen (secondary N) is 2. The van der Waals surface area contributed by atoms with Gasteiger partial charge in [0.1, 0.15) is 0 Å². The van der Waals surface area contributed by atoms with Crippen LogP contribution in [0.4, 0.5) is 5.69 Å². The highest BCUT2D eigenvalue weighted by Crippen LogP contribution is 2.12. The number of nitrogens with two attached hydrogens (primary N) is 1. The van der Waals surface area contributed by atoms with Gasteiger partial charge in [0.15, 0.2) is 0 Å². The second-order valence-electron chi connectivity index (χ2n) is 5.16. The molecule has 2 amide bonds. The van der Waals surface area contributed by atoms with Crippen molar-refractivity contribution in [1.29, 1.82) is 0 Å². The summed E-state index contributed by atoms with van der Waals surface area (Å²) in [7, 11) is 0. The molecule has 1 heterocycles. The Morgan fingerprint density at radius 2 is 2.00 bits per heavy atom. The Kier molecular flexibility index (Phi) is 7.94. The van der Waals surface area contributed by atoms with Crippen molar-refractivity contribution >= 4 is 29.9 Å². The molecule has 1 unspecified atom stereocenters. The van der Waals surface area contributed by atoms with E-state index in [1.807, 2.05) is 31.3 Å². The number of benzene rings is 1. The molecule has 0 aliphatic heterocycles. The van der Waals surface area contributed by atoms with Gasteiger partial charge in [-0.3, -0.25) is 9.59 Å². The van der Waals surface area contributed by atoms with Crippen LogP contribution in [0.15, 0.2) is 42.7 Å². The van der Waals surface area contributed by atoms with Gasteiger partial charge in [-0.2, -0.15) is 5.10 Å². The number of rotatable bonds is 7. The first kappa shape index (κ1) is 19.7. The van der Waals surface area contributed by atoms with E-state index in [1.54, 1.807) is 23.0 Å². The summed E-state index contributed by atoms with van der Waals surface area (Å²) in [5, 5.41) is 9.37. The Balaban J connectivity index is 0.00000288. The minimum absolute atomic E-state index is 0. The molecule has 24 heavy (non-hydrogen) atoms. The molecule has 1 atom stereocenters. The van der Waals surface area contributed by atoms with E-state index in [0.29, 0.717) is 12.1 Å². The number of amides is 2. The summed E-state index contributed by atoms with van der Waals surface area (Å²) < 4.78 is 1.72. The van der Waals surface area contributed by atoms with Crippen LogP contribution in [0.3, 0.4) is 0 Å². The molecule has 1 aromatic carbocycles. The summed E-state index contributed by atoms with van der Waals surface area (Å²) >= 11 is 0. The van der Waals surface area contributed by atoms with Gasteiger partial charge >= 0.3 is 0 Å². The highest BCUT2D eigenvalue weighted by molar-refractivity contribution is 5.95. The maximum atomic E-state index is 11.8. The van der Waals surface area contributed by atoms with Crippen LogP contribution in [0.1, 0.15) is 19.8 Å². The van der Waals surface area contributed by atoms with E-state index in [2.05, 4.69) is 15.7 Å². The number of aromatic nitrogens is 2. The summed E-state index contributed by atoms with van der Waals surface area (Å²) in [6.45, 7) is 1.85. The largest absolute Gasteiger partial charge is 0.346 e. The molecule has 8 heteroatoms. The lowest BCUT2D eigenvalue weighted by Gasteiger charge is -2.11. The Labute approximate surface area is 147 Å². The molecule has 0 bridgehead atoms. The highest BCUT2D eigenvalue weighted by atomic mass is 35.5. The molecule has 2 rings (SSSR count). The van der Waals surface area contributed by atoms with Crippen molar-refractivity contribution in [1.82, 2.24) is 15.1 Å². The summed E-state index contributed by atoms with van der Waals surface area (Å²) in [4.78, 5) is 23.5. The van der Waals surface area contributed by atoms with Gasteiger partial charge in [0, 0.05) is 18.1 Å². The number of carbonyl (C=O) groups excluding carboxylic acids is 2. The smallest absolute Gasteiger partial charge is 0.243 e. The summed E-state index contributed by atoms with van der Waals surface area (Å²) in [5.41, 5.74) is 7.22. The number of hydrogen-bond acceptors (Lipinski definition) is 4. The summed E-state index contributed by atoms with van der Waals surface area (Å²) in [6.07, 6.45) is 4.95. The monoisotopic (exact) mass is 351 g/mol. The Morgan fingerprint density at radius 3 is 2.58 bits per heavy atom. The third-order valence-electron chi connectivity index (χ3n) is 3.28. The average Bonchev–Trinajstić information content (AvgIpc) is 3.08. The second-order valence-corrected chi connectivity index (χ2v) is 5.16. The molecule has 130 valence electrons. The van der Waals surface area contributed by atoms with Crippen LogP contribution in [-0.4, -0.2) is 34.2 Å². The van der Waals surface area contributed by atoms with Gasteiger partial charge in [0.2, 0.25) is 11.8 Å². The molecule has 0 saturated carbocycles. The van der Waals surface area contributed by atoms with E-state index >= 15 is 0 Å². The SMILES string of the molecule is CCCC(N)C(=O)NCC(=O)Nc1ccc(-n2cccn2)cc1.Cl. The molecule has 0 aliphatic carbocycles. The molecule has 4 N–H and O–H groups in total. The number of halogens is 1. The standard InChI is InChI=1S/C16H21N5O2.ClH/c1-2-4-14(17)16(23)18-11-15(22)20-12-5-7-13(8-6-12)21-10-3-9-19-21;/h3,5-10,14H,2,4,11,17H2,1H3,(H,18,23)(H,20,22);1H. The fourth-order valence-corrected chi connectivity index (χ4v) is 2.06. The van der Waals surface area contributed by atoms with E-state index in [1.165, 1.54) is 0 Å². The molecule has 2 aromatic rings. The zero-order valence-electron chi connectivity index (χ0n) is 13.4. The molecule has 0 fully saturated rings. The first-order valence-corrected chi connectivity index (χ1v) is 7.53. The van der Waals surface area contributed by atoms with E-state index < -0.39 is 6.04 Å². The van der Waals surface area contributed by atoms with Crippen molar-refractivity contribution in [2.45, 2.75) is 25.8 Å². The van der Waals surface area contributed by atoms with Gasteiger partial charge < -0.3 is 16.4 Å². The summed E-state index contributed by atoms with van der Waals surface area (Å²) in [5.74, 6) is -0.607. The van der Waals surface area contributed by atoms with Crippen LogP contribution < -0.4 is 16.4 Å². The zero-order valence-corrected chi connectivity index (χ0v) is 14.3. The molecule has 0 spiro atoms. The third-order valence-corrected chi connectivity index (χ3v) is 3.28. The normalized spacial score (nSPS) is 11.2. The maximum absolute atomic E-state index is 11.8. The molecule has 0 saturated heterocycles. The number of carbonyl (C=O) groups is 2. The lowest BCUT2D eigenvalue weighted by Crippen LogP contribution is -2.43. The van der Waals surface area contributed by atoms with Crippen molar-refractivity contribution in [3.63, 3.8) is 0 Å². The molecule has 7 nitrogen and oxygen atoms in total. The van der Waals surface area contributed by atoms with E-state index in [9.17, 15) is 9.59 Å². The molecule has 0 radical (unpaired) electrons. The van der Waals surface area contributed by atoms with Crippen LogP contribution in [0.2, 0.25) is 0 Å². The van der Waals surface area contributed by atoms with Crippen LogP contribution in [0.5, 0.6) is 0 Å². The lowest BCUT2D eigenvalue weighted by molar-refractivity contribution is -0.125. The van der Waals surface area contributed by atoms with Crippen molar-refractivity contribution in [2.24, 2.45) is 5.73 Å². The van der Waals surface area contributed by atoms with Crippen LogP contribution in [0.25, 0.3) is 5.69 Å². The van der Waals surface area contributed by atoms with E-state index in [4.69, 9.17) is 5.73 Å². The van der Waals surface area contributed by atoms with Gasteiger partial charge in [-0.1, -0.05) is 13.3 Å². The predicted octanol–water partition coefficient (Wildman–Crippen LogP) is 1.48. The number of nitrogens with zero attached hydrogens (tertiary/aromatic N) is 2. The quantitative estimate of drug-likeness (QED) is 0.703. The Hall–Kier alpha value is -2.38. The van der Waals surface area contributed by atoms with Crippen LogP contribution >= 0.6 is 12.4 Å². The molecule has 0 aliphatic rings. The van der Waals surface area contributed by atoms with Crippen LogP contribution in [0, 0.1) is 0 Å². The van der Waals surface area contributed by atoms with Gasteiger partial charge in [0.25, 0.3) is 0 Å². The van der Waals surface area contributed by atoms with Gasteiger partial charge in [0.05, 0.1) is 18.3 Å².